The number of aromatic nitrogens is 1. The first-order valence-corrected chi connectivity index (χ1v) is 8.08. The van der Waals surface area contributed by atoms with Gasteiger partial charge in [0.2, 0.25) is 0 Å². The number of anilines is 1. The minimum atomic E-state index is -0.321. The minimum absolute atomic E-state index is 0.192. The molecule has 2 rings (SSSR count). The number of pyridine rings is 1. The van der Waals surface area contributed by atoms with E-state index in [0.717, 1.165) is 5.56 Å². The molecule has 6 nitrogen and oxygen atoms in total. The number of nitrogens with zero attached hydrogens (tertiary/aromatic N) is 2. The van der Waals surface area contributed by atoms with Gasteiger partial charge < -0.3 is 15.5 Å². The van der Waals surface area contributed by atoms with Gasteiger partial charge in [-0.1, -0.05) is 44.2 Å². The van der Waals surface area contributed by atoms with Crippen LogP contribution in [0.2, 0.25) is 0 Å². The monoisotopic (exact) mass is 340 g/mol. The quantitative estimate of drug-likeness (QED) is 0.879. The van der Waals surface area contributed by atoms with Gasteiger partial charge in [0.05, 0.1) is 0 Å². The molecule has 2 N–H and O–H groups in total. The van der Waals surface area contributed by atoms with Gasteiger partial charge in [-0.25, -0.2) is 4.79 Å². The van der Waals surface area contributed by atoms with Crippen LogP contribution in [0.5, 0.6) is 0 Å². The third-order valence-electron chi connectivity index (χ3n) is 3.89. The standard InChI is InChI=1S/C19H24N4O2/c1-19(2,14-8-6-5-7-9-14)13-21-18(25)22-15-10-11-20-16(12-15)17(24)23(3)4/h5-12H,13H2,1-4H3,(H2,20,21,22,25). The molecule has 0 atom stereocenters. The van der Waals surface area contributed by atoms with Crippen molar-refractivity contribution in [3.05, 3.63) is 59.9 Å². The predicted octanol–water partition coefficient (Wildman–Crippen LogP) is 2.88. The van der Waals surface area contributed by atoms with Gasteiger partial charge in [-0.05, 0) is 17.7 Å². The number of rotatable bonds is 5. The number of carbonyl (C=O) groups is 2. The number of amides is 3. The van der Waals surface area contributed by atoms with Crippen LogP contribution in [0, 0.1) is 0 Å². The summed E-state index contributed by atoms with van der Waals surface area (Å²) < 4.78 is 0. The second-order valence-corrected chi connectivity index (χ2v) is 6.69. The molecule has 0 fully saturated rings. The van der Waals surface area contributed by atoms with Gasteiger partial charge in [0.1, 0.15) is 5.69 Å². The van der Waals surface area contributed by atoms with Crippen molar-refractivity contribution in [3.8, 4) is 0 Å². The van der Waals surface area contributed by atoms with E-state index in [1.54, 1.807) is 26.2 Å². The Bertz CT molecular complexity index is 742. The summed E-state index contributed by atoms with van der Waals surface area (Å²) in [5, 5.41) is 5.61. The van der Waals surface area contributed by atoms with Gasteiger partial charge in [-0.3, -0.25) is 9.78 Å². The second-order valence-electron chi connectivity index (χ2n) is 6.69. The summed E-state index contributed by atoms with van der Waals surface area (Å²) in [6, 6.07) is 12.9. The Morgan fingerprint density at radius 3 is 2.44 bits per heavy atom. The molecule has 132 valence electrons. The highest BCUT2D eigenvalue weighted by atomic mass is 16.2. The van der Waals surface area contributed by atoms with E-state index in [9.17, 15) is 9.59 Å². The number of benzene rings is 1. The van der Waals surface area contributed by atoms with E-state index in [1.807, 2.05) is 30.3 Å². The van der Waals surface area contributed by atoms with Crippen molar-refractivity contribution in [2.75, 3.05) is 26.0 Å². The summed E-state index contributed by atoms with van der Waals surface area (Å²) in [5.74, 6) is -0.214. The normalized spacial score (nSPS) is 10.9. The fourth-order valence-corrected chi connectivity index (χ4v) is 2.32. The molecule has 25 heavy (non-hydrogen) atoms. The maximum absolute atomic E-state index is 12.2. The summed E-state index contributed by atoms with van der Waals surface area (Å²) in [4.78, 5) is 29.6. The third kappa shape index (κ3) is 5.04. The summed E-state index contributed by atoms with van der Waals surface area (Å²) in [7, 11) is 3.31. The van der Waals surface area contributed by atoms with Crippen LogP contribution in [-0.4, -0.2) is 42.5 Å². The Hall–Kier alpha value is -2.89. The van der Waals surface area contributed by atoms with E-state index in [1.165, 1.54) is 11.1 Å². The highest BCUT2D eigenvalue weighted by molar-refractivity contribution is 5.95. The molecule has 2 aromatic rings. The first kappa shape index (κ1) is 18.4. The molecule has 1 aromatic carbocycles. The van der Waals surface area contributed by atoms with Crippen LogP contribution in [0.3, 0.4) is 0 Å². The van der Waals surface area contributed by atoms with Crippen molar-refractivity contribution in [1.82, 2.24) is 15.2 Å². The van der Waals surface area contributed by atoms with Crippen LogP contribution in [0.15, 0.2) is 48.7 Å². The molecule has 3 amide bonds. The number of hydrogen-bond acceptors (Lipinski definition) is 3. The molecule has 0 aliphatic heterocycles. The Kier molecular flexibility index (Phi) is 5.75. The number of hydrogen-bond donors (Lipinski definition) is 2. The van der Waals surface area contributed by atoms with E-state index < -0.39 is 0 Å². The van der Waals surface area contributed by atoms with Gasteiger partial charge in [0, 0.05) is 37.9 Å². The van der Waals surface area contributed by atoms with E-state index in [0.29, 0.717) is 12.2 Å². The van der Waals surface area contributed by atoms with Gasteiger partial charge >= 0.3 is 6.03 Å². The number of carbonyl (C=O) groups excluding carboxylic acids is 2. The highest BCUT2D eigenvalue weighted by Crippen LogP contribution is 2.21. The van der Waals surface area contributed by atoms with Gasteiger partial charge in [0.25, 0.3) is 5.91 Å². The lowest BCUT2D eigenvalue weighted by Crippen LogP contribution is -2.39. The Morgan fingerprint density at radius 1 is 1.12 bits per heavy atom. The smallest absolute Gasteiger partial charge is 0.319 e. The van der Waals surface area contributed by atoms with Crippen molar-refractivity contribution in [3.63, 3.8) is 0 Å². The zero-order chi connectivity index (χ0) is 18.4. The third-order valence-corrected chi connectivity index (χ3v) is 3.89. The van der Waals surface area contributed by atoms with Crippen molar-refractivity contribution in [2.45, 2.75) is 19.3 Å². The van der Waals surface area contributed by atoms with Crippen LogP contribution in [-0.2, 0) is 5.41 Å². The lowest BCUT2D eigenvalue weighted by Gasteiger charge is -2.25. The molecule has 0 aliphatic carbocycles. The fourth-order valence-electron chi connectivity index (χ4n) is 2.32. The van der Waals surface area contributed by atoms with Crippen molar-refractivity contribution in [1.29, 1.82) is 0 Å². The van der Waals surface area contributed by atoms with Crippen molar-refractivity contribution >= 4 is 17.6 Å². The molecule has 1 aromatic heterocycles. The molecule has 0 unspecified atom stereocenters. The maximum Gasteiger partial charge on any atom is 0.319 e. The van der Waals surface area contributed by atoms with Crippen molar-refractivity contribution < 1.29 is 9.59 Å². The summed E-state index contributed by atoms with van der Waals surface area (Å²) in [5.41, 5.74) is 1.77. The van der Waals surface area contributed by atoms with E-state index >= 15 is 0 Å². The molecular formula is C19H24N4O2. The van der Waals surface area contributed by atoms with E-state index in [4.69, 9.17) is 0 Å². The summed E-state index contributed by atoms with van der Waals surface area (Å²) in [6.07, 6.45) is 1.50. The number of nitrogens with one attached hydrogen (secondary N) is 2. The van der Waals surface area contributed by atoms with E-state index in [-0.39, 0.29) is 23.0 Å². The fraction of sp³-hybridized carbons (Fsp3) is 0.316. The molecular weight excluding hydrogens is 316 g/mol. The minimum Gasteiger partial charge on any atom is -0.343 e. The van der Waals surface area contributed by atoms with E-state index in [2.05, 4.69) is 29.5 Å². The maximum atomic E-state index is 12.2. The molecule has 0 saturated heterocycles. The molecule has 6 heteroatoms. The van der Waals surface area contributed by atoms with Gasteiger partial charge in [-0.2, -0.15) is 0 Å². The molecule has 0 aliphatic rings. The lowest BCUT2D eigenvalue weighted by molar-refractivity contribution is 0.0822. The second kappa shape index (κ2) is 7.79. The lowest BCUT2D eigenvalue weighted by atomic mass is 9.85. The average molecular weight is 340 g/mol. The topological polar surface area (TPSA) is 74.3 Å². The summed E-state index contributed by atoms with van der Waals surface area (Å²) in [6.45, 7) is 4.63. The Morgan fingerprint density at radius 2 is 1.80 bits per heavy atom. The first-order valence-electron chi connectivity index (χ1n) is 8.08. The molecule has 0 spiro atoms. The zero-order valence-electron chi connectivity index (χ0n) is 15.0. The molecule has 0 bridgehead atoms. The zero-order valence-corrected chi connectivity index (χ0v) is 15.0. The van der Waals surface area contributed by atoms with Crippen LogP contribution in [0.1, 0.15) is 29.9 Å². The average Bonchev–Trinajstić information content (AvgIpc) is 2.60. The largest absolute Gasteiger partial charge is 0.343 e. The summed E-state index contributed by atoms with van der Waals surface area (Å²) >= 11 is 0. The molecule has 1 heterocycles. The van der Waals surface area contributed by atoms with Crippen LogP contribution in [0.4, 0.5) is 10.5 Å². The molecule has 0 radical (unpaired) electrons. The van der Waals surface area contributed by atoms with Crippen molar-refractivity contribution in [2.24, 2.45) is 0 Å². The van der Waals surface area contributed by atoms with Crippen LogP contribution in [0.25, 0.3) is 0 Å². The Labute approximate surface area is 148 Å². The van der Waals surface area contributed by atoms with Gasteiger partial charge in [-0.15, -0.1) is 0 Å². The SMILES string of the molecule is CN(C)C(=O)c1cc(NC(=O)NCC(C)(C)c2ccccc2)ccn1. The number of urea groups is 1. The van der Waals surface area contributed by atoms with Crippen LogP contribution < -0.4 is 10.6 Å². The predicted molar refractivity (Wildman–Crippen MR) is 98.7 cm³/mol. The first-order chi connectivity index (χ1) is 11.8. The highest BCUT2D eigenvalue weighted by Gasteiger charge is 2.21. The van der Waals surface area contributed by atoms with Gasteiger partial charge in [0.15, 0.2) is 0 Å². The Balaban J connectivity index is 1.97. The van der Waals surface area contributed by atoms with Crippen LogP contribution >= 0.6 is 0 Å². The molecule has 0 saturated carbocycles.